The van der Waals surface area contributed by atoms with E-state index < -0.39 is 23.9 Å². The van der Waals surface area contributed by atoms with Crippen LogP contribution in [-0.2, 0) is 4.79 Å². The zero-order chi connectivity index (χ0) is 21.5. The number of aliphatic imine (C=N–C) groups is 1. The molecule has 1 aliphatic heterocycles. The van der Waals surface area contributed by atoms with Gasteiger partial charge in [-0.15, -0.1) is 0 Å². The van der Waals surface area contributed by atoms with Crippen molar-refractivity contribution in [2.75, 3.05) is 11.9 Å². The summed E-state index contributed by atoms with van der Waals surface area (Å²) in [5.41, 5.74) is 1.46. The Bertz CT molecular complexity index is 1030. The fourth-order valence-electron chi connectivity index (χ4n) is 3.84. The minimum absolute atomic E-state index is 0.276. The van der Waals surface area contributed by atoms with E-state index in [1.54, 1.807) is 43.4 Å². The summed E-state index contributed by atoms with van der Waals surface area (Å²) in [6, 6.07) is 13.0. The van der Waals surface area contributed by atoms with E-state index in [0.717, 1.165) is 12.8 Å². The molecule has 1 saturated carbocycles. The number of nitrogens with one attached hydrogen (secondary N) is 2. The topological polar surface area (TPSA) is 73.8 Å². The zero-order valence-electron chi connectivity index (χ0n) is 17.3. The number of hydrogen-bond acceptors (Lipinski definition) is 3. The lowest BCUT2D eigenvalue weighted by Gasteiger charge is -2.27. The number of benzene rings is 2. The Morgan fingerprint density at radius 1 is 1.10 bits per heavy atom. The number of urea groups is 1. The van der Waals surface area contributed by atoms with Gasteiger partial charge in [0.2, 0.25) is 6.17 Å². The summed E-state index contributed by atoms with van der Waals surface area (Å²) in [6.07, 6.45) is 0.971. The predicted octanol–water partition coefficient (Wildman–Crippen LogP) is 3.45. The van der Waals surface area contributed by atoms with Crippen molar-refractivity contribution in [3.8, 4) is 0 Å². The van der Waals surface area contributed by atoms with Crippen molar-refractivity contribution < 1.29 is 14.0 Å². The first kappa shape index (κ1) is 20.1. The second kappa shape index (κ2) is 7.55. The Hall–Kier alpha value is -3.22. The number of likely N-dealkylation sites (N-methyl/N-ethyl adjacent to an activating group) is 1. The van der Waals surface area contributed by atoms with Gasteiger partial charge in [0, 0.05) is 23.7 Å². The van der Waals surface area contributed by atoms with Crippen molar-refractivity contribution in [1.82, 2.24) is 10.6 Å². The molecule has 2 aliphatic rings. The lowest BCUT2D eigenvalue weighted by molar-refractivity contribution is -0.119. The second-order valence-electron chi connectivity index (χ2n) is 8.37. The molecule has 0 radical (unpaired) electrons. The lowest BCUT2D eigenvalue weighted by atomic mass is 9.99. The first-order valence-corrected chi connectivity index (χ1v) is 10.1. The van der Waals surface area contributed by atoms with Crippen molar-refractivity contribution in [1.29, 1.82) is 0 Å². The van der Waals surface area contributed by atoms with Gasteiger partial charge in [0.05, 0.1) is 11.4 Å². The second-order valence-corrected chi connectivity index (χ2v) is 8.37. The molecule has 0 spiro atoms. The number of nitrogens with zero attached hydrogens (tertiary/aromatic N) is 2. The number of carbonyl (C=O) groups excluding carboxylic acids is 2. The molecule has 0 bridgehead atoms. The summed E-state index contributed by atoms with van der Waals surface area (Å²) in [4.78, 5) is 31.7. The summed E-state index contributed by atoms with van der Waals surface area (Å²) >= 11 is 0. The summed E-state index contributed by atoms with van der Waals surface area (Å²) in [6.45, 7) is 3.93. The molecular weight excluding hydrogens is 383 g/mol. The third kappa shape index (κ3) is 3.79. The fourth-order valence-corrected chi connectivity index (χ4v) is 3.84. The molecule has 6 nitrogen and oxygen atoms in total. The fraction of sp³-hybridized carbons (Fsp3) is 0.348. The summed E-state index contributed by atoms with van der Waals surface area (Å²) in [5, 5.41) is 5.63. The van der Waals surface area contributed by atoms with Gasteiger partial charge >= 0.3 is 6.03 Å². The molecule has 2 N–H and O–H groups in total. The Morgan fingerprint density at radius 2 is 1.73 bits per heavy atom. The third-order valence-corrected chi connectivity index (χ3v) is 5.77. The minimum Gasteiger partial charge on any atom is -0.333 e. The van der Waals surface area contributed by atoms with Gasteiger partial charge in [-0.2, -0.15) is 0 Å². The van der Waals surface area contributed by atoms with Gasteiger partial charge in [0.25, 0.3) is 5.91 Å². The molecule has 4 rings (SSSR count). The van der Waals surface area contributed by atoms with Crippen LogP contribution < -0.4 is 15.5 Å². The van der Waals surface area contributed by atoms with E-state index >= 15 is 0 Å². The van der Waals surface area contributed by atoms with E-state index in [1.807, 2.05) is 19.9 Å². The van der Waals surface area contributed by atoms with Crippen LogP contribution in [0.5, 0.6) is 0 Å². The molecule has 0 saturated heterocycles. The van der Waals surface area contributed by atoms with Gasteiger partial charge in [0.15, 0.2) is 0 Å². The van der Waals surface area contributed by atoms with E-state index in [4.69, 9.17) is 0 Å². The lowest BCUT2D eigenvalue weighted by Crippen LogP contribution is -2.55. The highest BCUT2D eigenvalue weighted by atomic mass is 19.1. The van der Waals surface area contributed by atoms with Crippen LogP contribution in [0.2, 0.25) is 0 Å². The minimum atomic E-state index is -1.17. The highest BCUT2D eigenvalue weighted by Gasteiger charge is 2.39. The maximum atomic E-state index is 14.6. The summed E-state index contributed by atoms with van der Waals surface area (Å²) in [5.74, 6) is -0.410. The SMILES string of the molecule is CN1C(=O)C(NC(=O)NC(C)(C)C2CC2)N=C(c2ccccc2F)c2ccccc21. The average molecular weight is 408 g/mol. The first-order valence-electron chi connectivity index (χ1n) is 10.1. The van der Waals surface area contributed by atoms with Crippen LogP contribution in [0, 0.1) is 11.7 Å². The number of fused-ring (bicyclic) bond motifs is 1. The largest absolute Gasteiger partial charge is 0.333 e. The van der Waals surface area contributed by atoms with Crippen molar-refractivity contribution in [2.45, 2.75) is 38.4 Å². The number of benzodiazepines with no additional fused rings is 1. The number of anilines is 1. The molecule has 156 valence electrons. The average Bonchev–Trinajstić information content (AvgIpc) is 3.56. The molecule has 1 heterocycles. The van der Waals surface area contributed by atoms with Crippen LogP contribution in [-0.4, -0.2) is 36.4 Å². The van der Waals surface area contributed by atoms with E-state index in [0.29, 0.717) is 22.9 Å². The monoisotopic (exact) mass is 408 g/mol. The highest BCUT2D eigenvalue weighted by Crippen LogP contribution is 2.39. The quantitative estimate of drug-likeness (QED) is 0.813. The summed E-state index contributed by atoms with van der Waals surface area (Å²) in [7, 11) is 1.63. The van der Waals surface area contributed by atoms with Crippen molar-refractivity contribution in [3.05, 3.63) is 65.5 Å². The smallest absolute Gasteiger partial charge is 0.317 e. The van der Waals surface area contributed by atoms with E-state index in [1.165, 1.54) is 11.0 Å². The molecule has 2 aromatic rings. The van der Waals surface area contributed by atoms with Crippen molar-refractivity contribution >= 4 is 23.3 Å². The number of amides is 3. The van der Waals surface area contributed by atoms with Crippen molar-refractivity contribution in [2.24, 2.45) is 10.9 Å². The standard InChI is InChI=1S/C23H25FN4O2/c1-23(2,14-12-13-14)27-22(30)26-20-21(29)28(3)18-11-7-5-9-16(18)19(25-20)15-8-4-6-10-17(15)24/h4-11,14,20H,12-13H2,1-3H3,(H2,26,27,30). The normalized spacial score (nSPS) is 18.9. The van der Waals surface area contributed by atoms with Crippen LogP contribution in [0.4, 0.5) is 14.9 Å². The highest BCUT2D eigenvalue weighted by molar-refractivity contribution is 6.20. The molecule has 2 aromatic carbocycles. The number of rotatable bonds is 4. The number of para-hydroxylation sites is 1. The van der Waals surface area contributed by atoms with E-state index in [2.05, 4.69) is 15.6 Å². The first-order chi connectivity index (χ1) is 14.3. The number of carbonyl (C=O) groups is 2. The Morgan fingerprint density at radius 3 is 2.40 bits per heavy atom. The molecule has 7 heteroatoms. The molecule has 1 aliphatic carbocycles. The molecule has 1 fully saturated rings. The molecule has 30 heavy (non-hydrogen) atoms. The molecule has 3 amide bonds. The van der Waals surface area contributed by atoms with Gasteiger partial charge in [-0.25, -0.2) is 14.2 Å². The summed E-state index contributed by atoms with van der Waals surface area (Å²) < 4.78 is 14.6. The van der Waals surface area contributed by atoms with Gasteiger partial charge in [-0.1, -0.05) is 30.3 Å². The van der Waals surface area contributed by atoms with Crippen LogP contribution in [0.3, 0.4) is 0 Å². The van der Waals surface area contributed by atoms with E-state index in [9.17, 15) is 14.0 Å². The van der Waals surface area contributed by atoms with Crippen LogP contribution in [0.25, 0.3) is 0 Å². The Kier molecular flexibility index (Phi) is 5.05. The molecular formula is C23H25FN4O2. The van der Waals surface area contributed by atoms with Crippen LogP contribution in [0.15, 0.2) is 53.5 Å². The number of hydrogen-bond donors (Lipinski definition) is 2. The third-order valence-electron chi connectivity index (χ3n) is 5.77. The van der Waals surface area contributed by atoms with Crippen LogP contribution in [0.1, 0.15) is 37.8 Å². The van der Waals surface area contributed by atoms with E-state index in [-0.39, 0.29) is 11.1 Å². The van der Waals surface area contributed by atoms with Gasteiger partial charge < -0.3 is 15.5 Å². The van der Waals surface area contributed by atoms with Gasteiger partial charge in [-0.05, 0) is 50.8 Å². The molecule has 1 unspecified atom stereocenters. The maximum absolute atomic E-state index is 14.6. The molecule has 0 aromatic heterocycles. The zero-order valence-corrected chi connectivity index (χ0v) is 17.3. The maximum Gasteiger partial charge on any atom is 0.317 e. The van der Waals surface area contributed by atoms with Gasteiger partial charge in [0.1, 0.15) is 5.82 Å². The number of halogens is 1. The Labute approximate surface area is 175 Å². The Balaban J connectivity index is 1.72. The van der Waals surface area contributed by atoms with Gasteiger partial charge in [-0.3, -0.25) is 4.79 Å². The predicted molar refractivity (Wildman–Crippen MR) is 114 cm³/mol. The van der Waals surface area contributed by atoms with Crippen molar-refractivity contribution in [3.63, 3.8) is 0 Å². The van der Waals surface area contributed by atoms with Crippen LogP contribution >= 0.6 is 0 Å². The molecule has 1 atom stereocenters.